The lowest BCUT2D eigenvalue weighted by molar-refractivity contribution is -0.274. The monoisotopic (exact) mass is 541 g/mol. The largest absolute Gasteiger partial charge is 0.573 e. The van der Waals surface area contributed by atoms with Crippen LogP contribution >= 0.6 is 12.2 Å². The first-order valence-corrected chi connectivity index (χ1v) is 11.7. The van der Waals surface area contributed by atoms with Gasteiger partial charge in [0.1, 0.15) is 17.9 Å². The molecule has 12 heteroatoms. The van der Waals surface area contributed by atoms with Crippen LogP contribution in [0.1, 0.15) is 16.7 Å². The summed E-state index contributed by atoms with van der Waals surface area (Å²) in [5.41, 5.74) is 12.9. The Hall–Kier alpha value is -4.45. The fourth-order valence-electron chi connectivity index (χ4n) is 3.18. The number of alkyl halides is 3. The maximum atomic E-state index is 12.2. The molecule has 3 aromatic carbocycles. The van der Waals surface area contributed by atoms with Gasteiger partial charge < -0.3 is 20.7 Å². The molecule has 0 saturated heterocycles. The van der Waals surface area contributed by atoms with Gasteiger partial charge in [0.25, 0.3) is 0 Å². The highest BCUT2D eigenvalue weighted by atomic mass is 32.1. The van der Waals surface area contributed by atoms with Crippen LogP contribution in [0.4, 0.5) is 24.5 Å². The van der Waals surface area contributed by atoms with Crippen molar-refractivity contribution in [1.82, 2.24) is 10.7 Å². The zero-order valence-corrected chi connectivity index (χ0v) is 21.4. The minimum absolute atomic E-state index is 0.218. The number of hydrazone groups is 1. The summed E-state index contributed by atoms with van der Waals surface area (Å²) in [7, 11) is 3.97. The van der Waals surface area contributed by atoms with Crippen molar-refractivity contribution < 1.29 is 17.9 Å². The van der Waals surface area contributed by atoms with Crippen molar-refractivity contribution in [3.05, 3.63) is 89.5 Å². The van der Waals surface area contributed by atoms with Crippen molar-refractivity contribution in [2.75, 3.05) is 19.0 Å². The zero-order chi connectivity index (χ0) is 27.5. The molecule has 0 amide bonds. The molecule has 0 aromatic heterocycles. The number of nitrogens with two attached hydrogens (primary N) is 1. The molecule has 0 aliphatic carbocycles. The number of benzene rings is 3. The number of rotatable bonds is 9. The highest BCUT2D eigenvalue weighted by Gasteiger charge is 2.30. The van der Waals surface area contributed by atoms with E-state index in [1.54, 1.807) is 18.3 Å². The quantitative estimate of drug-likeness (QED) is 0.157. The first-order valence-electron chi connectivity index (χ1n) is 11.2. The molecule has 3 aromatic rings. The van der Waals surface area contributed by atoms with Gasteiger partial charge in [0.05, 0.1) is 11.9 Å². The topological polar surface area (TPSA) is 99.6 Å². The SMILES string of the molecule is CN(C)c1ccccc1CNC(=S)NN=Cc1ccc(C(N)=NC=Nc2ccc(OC(F)(F)F)cc2)cc1. The number of hydrogen-bond acceptors (Lipinski definition) is 5. The van der Waals surface area contributed by atoms with Crippen LogP contribution in [-0.2, 0) is 6.54 Å². The second-order valence-electron chi connectivity index (χ2n) is 8.00. The van der Waals surface area contributed by atoms with Gasteiger partial charge in [-0.3, -0.25) is 5.43 Å². The minimum Gasteiger partial charge on any atom is -0.406 e. The molecule has 198 valence electrons. The maximum absolute atomic E-state index is 12.2. The van der Waals surface area contributed by atoms with E-state index in [1.165, 1.54) is 18.5 Å². The Morgan fingerprint density at radius 3 is 2.37 bits per heavy atom. The Bertz CT molecular complexity index is 1310. The molecule has 0 heterocycles. The van der Waals surface area contributed by atoms with Crippen LogP contribution in [0.2, 0.25) is 0 Å². The van der Waals surface area contributed by atoms with Crippen molar-refractivity contribution >= 4 is 47.1 Å². The molecule has 0 aliphatic heterocycles. The van der Waals surface area contributed by atoms with Gasteiger partial charge in [0.2, 0.25) is 0 Å². The summed E-state index contributed by atoms with van der Waals surface area (Å²) in [5.74, 6) is -0.113. The van der Waals surface area contributed by atoms with Gasteiger partial charge in [-0.15, -0.1) is 13.2 Å². The molecule has 0 radical (unpaired) electrons. The summed E-state index contributed by atoms with van der Waals surface area (Å²) in [6.07, 6.45) is -1.91. The van der Waals surface area contributed by atoms with E-state index in [0.29, 0.717) is 22.9 Å². The van der Waals surface area contributed by atoms with Crippen LogP contribution < -0.4 is 26.1 Å². The molecule has 0 aliphatic rings. The Morgan fingerprint density at radius 1 is 1.03 bits per heavy atom. The summed E-state index contributed by atoms with van der Waals surface area (Å²) in [6, 6.07) is 20.3. The predicted octanol–water partition coefficient (Wildman–Crippen LogP) is 4.71. The van der Waals surface area contributed by atoms with E-state index in [2.05, 4.69) is 30.6 Å². The fourth-order valence-corrected chi connectivity index (χ4v) is 3.31. The third-order valence-corrected chi connectivity index (χ3v) is 5.21. The highest BCUT2D eigenvalue weighted by molar-refractivity contribution is 7.80. The summed E-state index contributed by atoms with van der Waals surface area (Å²) in [6.45, 7) is 0.560. The van der Waals surface area contributed by atoms with Gasteiger partial charge in [-0.25, -0.2) is 9.98 Å². The molecular formula is C26H26F3N7OS. The van der Waals surface area contributed by atoms with Crippen LogP contribution in [-0.4, -0.2) is 44.0 Å². The smallest absolute Gasteiger partial charge is 0.406 e. The molecule has 0 atom stereocenters. The normalized spacial score (nSPS) is 12.1. The Morgan fingerprint density at radius 2 is 1.71 bits per heavy atom. The molecule has 0 bridgehead atoms. The number of ether oxygens (including phenoxy) is 1. The van der Waals surface area contributed by atoms with E-state index in [1.807, 2.05) is 55.4 Å². The molecule has 0 unspecified atom stereocenters. The van der Waals surface area contributed by atoms with Gasteiger partial charge in [0, 0.05) is 31.9 Å². The van der Waals surface area contributed by atoms with Crippen molar-refractivity contribution in [3.8, 4) is 5.75 Å². The zero-order valence-electron chi connectivity index (χ0n) is 20.6. The molecule has 38 heavy (non-hydrogen) atoms. The number of thiocarbonyl (C=S) groups is 1. The first kappa shape index (κ1) is 28.1. The van der Waals surface area contributed by atoms with Crippen molar-refractivity contribution in [3.63, 3.8) is 0 Å². The molecule has 0 saturated carbocycles. The van der Waals surface area contributed by atoms with Crippen molar-refractivity contribution in [1.29, 1.82) is 0 Å². The molecule has 3 rings (SSSR count). The first-order chi connectivity index (χ1) is 18.1. The van der Waals surface area contributed by atoms with Crippen LogP contribution in [0.15, 0.2) is 87.9 Å². The average molecular weight is 542 g/mol. The van der Waals surface area contributed by atoms with Crippen LogP contribution in [0.25, 0.3) is 0 Å². The standard InChI is InChI=1S/C26H26F3N7OS/c1-36(2)23-6-4-3-5-20(23)16-31-25(38)35-34-15-18-7-9-19(10-8-18)24(30)33-17-32-21-11-13-22(14-12-21)37-26(27,28)29/h3-15,17H,16H2,1-2H3,(H2,30,32,33)(H2,31,35,38). The third kappa shape index (κ3) is 9.21. The number of anilines is 1. The number of para-hydroxylation sites is 1. The van der Waals surface area contributed by atoms with E-state index in [0.717, 1.165) is 28.9 Å². The van der Waals surface area contributed by atoms with E-state index < -0.39 is 6.36 Å². The number of aliphatic imine (C=N–C) groups is 2. The lowest BCUT2D eigenvalue weighted by atomic mass is 10.1. The predicted molar refractivity (Wildman–Crippen MR) is 149 cm³/mol. The molecule has 4 N–H and O–H groups in total. The number of hydrogen-bond donors (Lipinski definition) is 3. The second-order valence-corrected chi connectivity index (χ2v) is 8.41. The summed E-state index contributed by atoms with van der Waals surface area (Å²) >= 11 is 5.29. The minimum atomic E-state index is -4.75. The lowest BCUT2D eigenvalue weighted by Crippen LogP contribution is -2.32. The van der Waals surface area contributed by atoms with Crippen molar-refractivity contribution in [2.24, 2.45) is 20.8 Å². The van der Waals surface area contributed by atoms with Gasteiger partial charge in [-0.2, -0.15) is 5.10 Å². The van der Waals surface area contributed by atoms with Gasteiger partial charge in [-0.05, 0) is 53.7 Å². The number of nitrogens with one attached hydrogen (secondary N) is 2. The highest BCUT2D eigenvalue weighted by Crippen LogP contribution is 2.24. The Kier molecular flexibility index (Phi) is 9.77. The number of amidine groups is 1. The summed E-state index contributed by atoms with van der Waals surface area (Å²) in [5, 5.41) is 7.68. The number of nitrogens with zero attached hydrogens (tertiary/aromatic N) is 4. The van der Waals surface area contributed by atoms with E-state index >= 15 is 0 Å². The van der Waals surface area contributed by atoms with E-state index in [9.17, 15) is 13.2 Å². The Labute approximate surface area is 223 Å². The molecule has 0 spiro atoms. The average Bonchev–Trinajstić information content (AvgIpc) is 2.88. The van der Waals surface area contributed by atoms with Gasteiger partial charge in [-0.1, -0.05) is 42.5 Å². The third-order valence-electron chi connectivity index (χ3n) is 4.97. The molecule has 8 nitrogen and oxygen atoms in total. The Balaban J connectivity index is 1.48. The fraction of sp³-hybridized carbons (Fsp3) is 0.154. The number of halogens is 3. The van der Waals surface area contributed by atoms with Gasteiger partial charge >= 0.3 is 6.36 Å². The van der Waals surface area contributed by atoms with E-state index in [-0.39, 0.29) is 11.6 Å². The molecule has 0 fully saturated rings. The van der Waals surface area contributed by atoms with E-state index in [4.69, 9.17) is 18.0 Å². The van der Waals surface area contributed by atoms with Crippen LogP contribution in [0.3, 0.4) is 0 Å². The van der Waals surface area contributed by atoms with Crippen molar-refractivity contribution in [2.45, 2.75) is 12.9 Å². The summed E-state index contributed by atoms with van der Waals surface area (Å²) in [4.78, 5) is 10.2. The van der Waals surface area contributed by atoms with Crippen LogP contribution in [0.5, 0.6) is 5.75 Å². The lowest BCUT2D eigenvalue weighted by Gasteiger charge is -2.17. The maximum Gasteiger partial charge on any atom is 0.573 e. The second kappa shape index (κ2) is 13.2. The summed E-state index contributed by atoms with van der Waals surface area (Å²) < 4.78 is 40.5. The molecular weight excluding hydrogens is 515 g/mol. The van der Waals surface area contributed by atoms with Gasteiger partial charge in [0.15, 0.2) is 5.11 Å². The van der Waals surface area contributed by atoms with Crippen LogP contribution in [0, 0.1) is 0 Å².